The van der Waals surface area contributed by atoms with Crippen LogP contribution in [-0.2, 0) is 6.54 Å². The summed E-state index contributed by atoms with van der Waals surface area (Å²) in [4.78, 5) is 0. The maximum atomic E-state index is 8.61. The Morgan fingerprint density at radius 1 is 1.42 bits per heavy atom. The number of amidine groups is 1. The van der Waals surface area contributed by atoms with Gasteiger partial charge in [-0.25, -0.2) is 0 Å². The summed E-state index contributed by atoms with van der Waals surface area (Å²) < 4.78 is 0. The van der Waals surface area contributed by atoms with E-state index in [-0.39, 0.29) is 5.84 Å². The summed E-state index contributed by atoms with van der Waals surface area (Å²) in [5.41, 5.74) is 7.90. The van der Waals surface area contributed by atoms with E-state index in [0.717, 1.165) is 12.1 Å². The van der Waals surface area contributed by atoms with Crippen LogP contribution in [0.25, 0.3) is 0 Å². The Morgan fingerprint density at radius 3 is 2.63 bits per heavy atom. The van der Waals surface area contributed by atoms with Gasteiger partial charge in [-0.2, -0.15) is 0 Å². The first kappa shape index (κ1) is 13.9. The van der Waals surface area contributed by atoms with Crippen LogP contribution in [-0.4, -0.2) is 17.1 Å². The fraction of sp³-hybridized carbons (Fsp3) is 0.533. The van der Waals surface area contributed by atoms with Crippen molar-refractivity contribution < 1.29 is 5.21 Å². The summed E-state index contributed by atoms with van der Waals surface area (Å²) in [6.07, 6.45) is 3.87. The number of nitrogens with zero attached hydrogens (tertiary/aromatic N) is 1. The molecule has 0 radical (unpaired) electrons. The third kappa shape index (κ3) is 3.26. The van der Waals surface area contributed by atoms with Crippen molar-refractivity contribution in [3.8, 4) is 0 Å². The zero-order chi connectivity index (χ0) is 13.9. The molecule has 0 bridgehead atoms. The lowest BCUT2D eigenvalue weighted by atomic mass is 9.87. The first-order valence-corrected chi connectivity index (χ1v) is 6.83. The smallest absolute Gasteiger partial charge is 0.170 e. The van der Waals surface area contributed by atoms with Crippen LogP contribution in [0.15, 0.2) is 29.4 Å². The molecule has 4 N–H and O–H groups in total. The van der Waals surface area contributed by atoms with Crippen molar-refractivity contribution in [2.45, 2.75) is 45.7 Å². The van der Waals surface area contributed by atoms with Crippen molar-refractivity contribution in [2.75, 3.05) is 0 Å². The van der Waals surface area contributed by atoms with E-state index < -0.39 is 0 Å². The van der Waals surface area contributed by atoms with Crippen molar-refractivity contribution in [3.05, 3.63) is 35.4 Å². The van der Waals surface area contributed by atoms with Gasteiger partial charge in [-0.3, -0.25) is 0 Å². The van der Waals surface area contributed by atoms with E-state index in [0.29, 0.717) is 11.5 Å². The van der Waals surface area contributed by atoms with Crippen LogP contribution < -0.4 is 11.1 Å². The molecule has 1 fully saturated rings. The third-order valence-electron chi connectivity index (χ3n) is 4.17. The average molecular weight is 261 g/mol. The van der Waals surface area contributed by atoms with Gasteiger partial charge in [0.1, 0.15) is 0 Å². The van der Waals surface area contributed by atoms with E-state index >= 15 is 0 Å². The van der Waals surface area contributed by atoms with Crippen molar-refractivity contribution in [3.63, 3.8) is 0 Å². The fourth-order valence-corrected chi connectivity index (χ4v) is 2.80. The monoisotopic (exact) mass is 261 g/mol. The number of oxime groups is 1. The van der Waals surface area contributed by atoms with Crippen molar-refractivity contribution in [1.82, 2.24) is 5.32 Å². The molecule has 1 aliphatic rings. The standard InChI is InChI=1S/C15H23N3O/c1-15(2)9-3-4-13(15)17-10-11-5-7-12(8-6-11)14(16)18-19/h5-8,13,17,19H,3-4,9-10H2,1-2H3,(H2,16,18). The largest absolute Gasteiger partial charge is 0.409 e. The number of rotatable bonds is 4. The molecule has 1 aromatic carbocycles. The Balaban J connectivity index is 1.93. The minimum absolute atomic E-state index is 0.149. The highest BCUT2D eigenvalue weighted by atomic mass is 16.4. The second kappa shape index (κ2) is 5.61. The Kier molecular flexibility index (Phi) is 4.10. The van der Waals surface area contributed by atoms with Gasteiger partial charge in [0, 0.05) is 18.2 Å². The van der Waals surface area contributed by atoms with E-state index in [1.165, 1.54) is 24.8 Å². The number of nitrogens with one attached hydrogen (secondary N) is 1. The van der Waals surface area contributed by atoms with Crippen LogP contribution >= 0.6 is 0 Å². The molecule has 2 rings (SSSR count). The van der Waals surface area contributed by atoms with Gasteiger partial charge in [0.25, 0.3) is 0 Å². The molecular formula is C15H23N3O. The van der Waals surface area contributed by atoms with Gasteiger partial charge >= 0.3 is 0 Å². The number of benzene rings is 1. The summed E-state index contributed by atoms with van der Waals surface area (Å²) in [6, 6.07) is 8.39. The van der Waals surface area contributed by atoms with E-state index in [1.54, 1.807) is 0 Å². The Morgan fingerprint density at radius 2 is 2.11 bits per heavy atom. The molecule has 4 nitrogen and oxygen atoms in total. The topological polar surface area (TPSA) is 70.6 Å². The summed E-state index contributed by atoms with van der Waals surface area (Å²) in [6.45, 7) is 5.53. The minimum atomic E-state index is 0.149. The maximum Gasteiger partial charge on any atom is 0.170 e. The molecule has 19 heavy (non-hydrogen) atoms. The number of hydrogen-bond donors (Lipinski definition) is 3. The Bertz CT molecular complexity index is 451. The predicted octanol–water partition coefficient (Wildman–Crippen LogP) is 2.45. The molecule has 0 amide bonds. The average Bonchev–Trinajstić information content (AvgIpc) is 2.75. The predicted molar refractivity (Wildman–Crippen MR) is 77.2 cm³/mol. The van der Waals surface area contributed by atoms with Gasteiger partial charge in [-0.05, 0) is 23.8 Å². The molecule has 104 valence electrons. The second-order valence-electron chi connectivity index (χ2n) is 6.00. The van der Waals surface area contributed by atoms with Gasteiger partial charge < -0.3 is 16.3 Å². The minimum Gasteiger partial charge on any atom is -0.409 e. The van der Waals surface area contributed by atoms with E-state index in [9.17, 15) is 0 Å². The molecule has 1 atom stereocenters. The SMILES string of the molecule is CC1(C)CCCC1NCc1ccc(C(N)=NO)cc1. The molecule has 0 saturated heterocycles. The first-order valence-electron chi connectivity index (χ1n) is 6.83. The van der Waals surface area contributed by atoms with Crippen LogP contribution in [0.4, 0.5) is 0 Å². The van der Waals surface area contributed by atoms with Crippen molar-refractivity contribution >= 4 is 5.84 Å². The van der Waals surface area contributed by atoms with E-state index in [4.69, 9.17) is 10.9 Å². The zero-order valence-corrected chi connectivity index (χ0v) is 11.7. The molecule has 0 aliphatic heterocycles. The third-order valence-corrected chi connectivity index (χ3v) is 4.17. The maximum absolute atomic E-state index is 8.61. The number of nitrogens with two attached hydrogens (primary N) is 1. The van der Waals surface area contributed by atoms with Crippen LogP contribution in [0.2, 0.25) is 0 Å². The van der Waals surface area contributed by atoms with E-state index in [2.05, 4.69) is 24.3 Å². The molecule has 1 saturated carbocycles. The molecule has 0 spiro atoms. The highest BCUT2D eigenvalue weighted by Gasteiger charge is 2.33. The number of hydrogen-bond acceptors (Lipinski definition) is 3. The molecule has 0 aromatic heterocycles. The summed E-state index contributed by atoms with van der Waals surface area (Å²) >= 11 is 0. The molecule has 4 heteroatoms. The Hall–Kier alpha value is -1.55. The first-order chi connectivity index (χ1) is 9.03. The summed E-state index contributed by atoms with van der Waals surface area (Å²) in [5.74, 6) is 0.149. The van der Waals surface area contributed by atoms with Crippen LogP contribution in [0.3, 0.4) is 0 Å². The molecule has 1 aromatic rings. The lowest BCUT2D eigenvalue weighted by Crippen LogP contribution is -2.37. The normalized spacial score (nSPS) is 22.6. The van der Waals surface area contributed by atoms with Gasteiger partial charge in [0.05, 0.1) is 0 Å². The zero-order valence-electron chi connectivity index (χ0n) is 11.7. The molecule has 1 aliphatic carbocycles. The van der Waals surface area contributed by atoms with Gasteiger partial charge in [0.15, 0.2) is 5.84 Å². The van der Waals surface area contributed by atoms with Crippen LogP contribution in [0, 0.1) is 5.41 Å². The lowest BCUT2D eigenvalue weighted by molar-refractivity contribution is 0.282. The quantitative estimate of drug-likeness (QED) is 0.337. The molecule has 1 unspecified atom stereocenters. The van der Waals surface area contributed by atoms with Gasteiger partial charge in [-0.1, -0.05) is 49.7 Å². The summed E-state index contributed by atoms with van der Waals surface area (Å²) in [7, 11) is 0. The van der Waals surface area contributed by atoms with E-state index in [1.807, 2.05) is 24.3 Å². The van der Waals surface area contributed by atoms with Gasteiger partial charge in [0.2, 0.25) is 0 Å². The van der Waals surface area contributed by atoms with Crippen LogP contribution in [0.5, 0.6) is 0 Å². The van der Waals surface area contributed by atoms with Crippen molar-refractivity contribution in [1.29, 1.82) is 0 Å². The highest BCUT2D eigenvalue weighted by Crippen LogP contribution is 2.37. The lowest BCUT2D eigenvalue weighted by Gasteiger charge is -2.28. The Labute approximate surface area is 114 Å². The highest BCUT2D eigenvalue weighted by molar-refractivity contribution is 5.96. The summed E-state index contributed by atoms with van der Waals surface area (Å²) in [5, 5.41) is 15.2. The van der Waals surface area contributed by atoms with Gasteiger partial charge in [-0.15, -0.1) is 0 Å². The van der Waals surface area contributed by atoms with Crippen LogP contribution in [0.1, 0.15) is 44.2 Å². The molecular weight excluding hydrogens is 238 g/mol. The second-order valence-corrected chi connectivity index (χ2v) is 6.00. The molecule has 0 heterocycles. The van der Waals surface area contributed by atoms with Crippen molar-refractivity contribution in [2.24, 2.45) is 16.3 Å². The fourth-order valence-electron chi connectivity index (χ4n) is 2.80.